The number of aryl methyl sites for hydroxylation is 2. The summed E-state index contributed by atoms with van der Waals surface area (Å²) in [6, 6.07) is 13.0. The van der Waals surface area contributed by atoms with Gasteiger partial charge in [-0.3, -0.25) is 14.6 Å². The Morgan fingerprint density at radius 2 is 1.91 bits per heavy atom. The van der Waals surface area contributed by atoms with Crippen LogP contribution < -0.4 is 10.3 Å². The molecule has 1 aromatic carbocycles. The SMILES string of the molecule is Cc1ccc(O[C@@H](C)C(=O)N2CCC(c3nc(-c4ccccn4)cc(=O)[nH]3)CC2)c(C)c1. The lowest BCUT2D eigenvalue weighted by Gasteiger charge is -2.33. The second-order valence-corrected chi connectivity index (χ2v) is 8.36. The molecule has 166 valence electrons. The number of benzene rings is 1. The lowest BCUT2D eigenvalue weighted by atomic mass is 9.95. The van der Waals surface area contributed by atoms with Crippen molar-refractivity contribution in [3.05, 3.63) is 76.0 Å². The van der Waals surface area contributed by atoms with Crippen molar-refractivity contribution in [2.24, 2.45) is 0 Å². The number of hydrogen-bond acceptors (Lipinski definition) is 5. The number of carbonyl (C=O) groups excluding carboxylic acids is 1. The van der Waals surface area contributed by atoms with Crippen molar-refractivity contribution < 1.29 is 9.53 Å². The summed E-state index contributed by atoms with van der Waals surface area (Å²) in [4.78, 5) is 38.8. The third-order valence-corrected chi connectivity index (χ3v) is 5.86. The highest BCUT2D eigenvalue weighted by Crippen LogP contribution is 2.27. The third kappa shape index (κ3) is 4.88. The zero-order chi connectivity index (χ0) is 22.7. The van der Waals surface area contributed by atoms with Crippen LogP contribution in [0.4, 0.5) is 0 Å². The maximum absolute atomic E-state index is 12.9. The maximum atomic E-state index is 12.9. The highest BCUT2D eigenvalue weighted by molar-refractivity contribution is 5.81. The van der Waals surface area contributed by atoms with Gasteiger partial charge >= 0.3 is 0 Å². The van der Waals surface area contributed by atoms with Crippen LogP contribution in [0.5, 0.6) is 5.75 Å². The Morgan fingerprint density at radius 3 is 2.59 bits per heavy atom. The van der Waals surface area contributed by atoms with E-state index in [1.807, 2.05) is 55.1 Å². The molecule has 1 saturated heterocycles. The van der Waals surface area contributed by atoms with Crippen molar-refractivity contribution in [1.82, 2.24) is 19.9 Å². The molecule has 0 radical (unpaired) electrons. The van der Waals surface area contributed by atoms with Crippen LogP contribution in [0.15, 0.2) is 53.5 Å². The molecule has 1 fully saturated rings. The number of aromatic nitrogens is 3. The molecule has 0 saturated carbocycles. The number of pyridine rings is 1. The standard InChI is InChI=1S/C25H28N4O3/c1-16-7-8-22(17(2)14-16)32-18(3)25(31)29-12-9-19(10-13-29)24-27-21(15-23(30)28-24)20-6-4-5-11-26-20/h4-8,11,14-15,18-19H,9-10,12-13H2,1-3H3,(H,27,28,30)/t18-/m0/s1. The molecule has 1 atom stereocenters. The van der Waals surface area contributed by atoms with E-state index in [1.165, 1.54) is 6.07 Å². The number of nitrogens with zero attached hydrogens (tertiary/aromatic N) is 3. The van der Waals surface area contributed by atoms with E-state index in [0.717, 1.165) is 29.7 Å². The largest absolute Gasteiger partial charge is 0.481 e. The average molecular weight is 433 g/mol. The fourth-order valence-electron chi connectivity index (χ4n) is 4.12. The molecule has 7 nitrogen and oxygen atoms in total. The fraction of sp³-hybridized carbons (Fsp3) is 0.360. The van der Waals surface area contributed by atoms with E-state index in [1.54, 1.807) is 13.1 Å². The van der Waals surface area contributed by atoms with E-state index in [2.05, 4.69) is 15.0 Å². The van der Waals surface area contributed by atoms with Crippen molar-refractivity contribution in [2.75, 3.05) is 13.1 Å². The van der Waals surface area contributed by atoms with Crippen LogP contribution in [-0.2, 0) is 4.79 Å². The predicted octanol–water partition coefficient (Wildman–Crippen LogP) is 3.62. The minimum Gasteiger partial charge on any atom is -0.481 e. The highest BCUT2D eigenvalue weighted by Gasteiger charge is 2.29. The van der Waals surface area contributed by atoms with Gasteiger partial charge in [0.1, 0.15) is 11.6 Å². The van der Waals surface area contributed by atoms with Crippen LogP contribution in [0.2, 0.25) is 0 Å². The Bertz CT molecular complexity index is 1150. The maximum Gasteiger partial charge on any atom is 0.263 e. The monoisotopic (exact) mass is 432 g/mol. The van der Waals surface area contributed by atoms with Gasteiger partial charge < -0.3 is 14.6 Å². The van der Waals surface area contributed by atoms with Gasteiger partial charge in [0.25, 0.3) is 11.5 Å². The molecule has 0 bridgehead atoms. The van der Waals surface area contributed by atoms with E-state index < -0.39 is 6.10 Å². The number of H-pyrrole nitrogens is 1. The lowest BCUT2D eigenvalue weighted by molar-refractivity contribution is -0.139. The zero-order valence-electron chi connectivity index (χ0n) is 18.7. The first-order chi connectivity index (χ1) is 15.4. The normalized spacial score (nSPS) is 15.4. The van der Waals surface area contributed by atoms with Gasteiger partial charge in [-0.05, 0) is 57.4 Å². The summed E-state index contributed by atoms with van der Waals surface area (Å²) in [5.74, 6) is 1.46. The number of hydrogen-bond donors (Lipinski definition) is 1. The van der Waals surface area contributed by atoms with Crippen LogP contribution in [-0.4, -0.2) is 45.0 Å². The van der Waals surface area contributed by atoms with E-state index in [-0.39, 0.29) is 17.4 Å². The van der Waals surface area contributed by atoms with E-state index in [9.17, 15) is 9.59 Å². The zero-order valence-corrected chi connectivity index (χ0v) is 18.7. The molecule has 1 amide bonds. The molecule has 1 N–H and O–H groups in total. The lowest BCUT2D eigenvalue weighted by Crippen LogP contribution is -2.44. The number of rotatable bonds is 5. The Balaban J connectivity index is 1.40. The molecular formula is C25H28N4O3. The van der Waals surface area contributed by atoms with E-state index in [0.29, 0.717) is 30.3 Å². The molecule has 0 unspecified atom stereocenters. The van der Waals surface area contributed by atoms with Crippen LogP contribution in [0, 0.1) is 13.8 Å². The van der Waals surface area contributed by atoms with Gasteiger partial charge in [0.05, 0.1) is 11.4 Å². The summed E-state index contributed by atoms with van der Waals surface area (Å²) in [6.07, 6.45) is 2.59. The first-order valence-electron chi connectivity index (χ1n) is 11.0. The number of aromatic amines is 1. The highest BCUT2D eigenvalue weighted by atomic mass is 16.5. The molecule has 1 aliphatic rings. The van der Waals surface area contributed by atoms with E-state index >= 15 is 0 Å². The van der Waals surface area contributed by atoms with Crippen LogP contribution in [0.25, 0.3) is 11.4 Å². The summed E-state index contributed by atoms with van der Waals surface area (Å²) in [6.45, 7) is 7.01. The topological polar surface area (TPSA) is 88.2 Å². The number of amides is 1. The minimum atomic E-state index is -0.557. The molecule has 0 aliphatic carbocycles. The van der Waals surface area contributed by atoms with Gasteiger partial charge in [-0.25, -0.2) is 4.98 Å². The number of ether oxygens (including phenoxy) is 1. The Morgan fingerprint density at radius 1 is 1.12 bits per heavy atom. The Kier molecular flexibility index (Phi) is 6.35. The Hall–Kier alpha value is -3.48. The fourth-order valence-corrected chi connectivity index (χ4v) is 4.12. The van der Waals surface area contributed by atoms with E-state index in [4.69, 9.17) is 4.74 Å². The third-order valence-electron chi connectivity index (χ3n) is 5.86. The van der Waals surface area contributed by atoms with Gasteiger partial charge in [-0.1, -0.05) is 23.8 Å². The quantitative estimate of drug-likeness (QED) is 0.665. The molecule has 1 aliphatic heterocycles. The van der Waals surface area contributed by atoms with Gasteiger partial charge in [0.15, 0.2) is 6.10 Å². The summed E-state index contributed by atoms with van der Waals surface area (Å²) in [5.41, 5.74) is 3.23. The van der Waals surface area contributed by atoms with Crippen molar-refractivity contribution in [3.8, 4) is 17.1 Å². The van der Waals surface area contributed by atoms with Crippen molar-refractivity contribution in [1.29, 1.82) is 0 Å². The molecule has 7 heteroatoms. The van der Waals surface area contributed by atoms with Gasteiger partial charge in [-0.2, -0.15) is 0 Å². The predicted molar refractivity (Wildman–Crippen MR) is 123 cm³/mol. The van der Waals surface area contributed by atoms with Crippen molar-refractivity contribution >= 4 is 5.91 Å². The van der Waals surface area contributed by atoms with Gasteiger partial charge in [0, 0.05) is 31.3 Å². The summed E-state index contributed by atoms with van der Waals surface area (Å²) >= 11 is 0. The van der Waals surface area contributed by atoms with Crippen molar-refractivity contribution in [2.45, 2.75) is 45.6 Å². The molecule has 3 heterocycles. The number of nitrogens with one attached hydrogen (secondary N) is 1. The summed E-state index contributed by atoms with van der Waals surface area (Å²) in [5, 5.41) is 0. The number of likely N-dealkylation sites (tertiary alicyclic amines) is 1. The second-order valence-electron chi connectivity index (χ2n) is 8.36. The van der Waals surface area contributed by atoms with Crippen LogP contribution in [0.1, 0.15) is 42.6 Å². The molecular weight excluding hydrogens is 404 g/mol. The van der Waals surface area contributed by atoms with Gasteiger partial charge in [-0.15, -0.1) is 0 Å². The minimum absolute atomic E-state index is 0.0212. The first-order valence-corrected chi connectivity index (χ1v) is 11.0. The van der Waals surface area contributed by atoms with Gasteiger partial charge in [0.2, 0.25) is 0 Å². The Labute approximate surface area is 187 Å². The second kappa shape index (κ2) is 9.34. The molecule has 2 aromatic heterocycles. The molecule has 3 aromatic rings. The number of carbonyl (C=O) groups is 1. The van der Waals surface area contributed by atoms with Crippen LogP contribution in [0.3, 0.4) is 0 Å². The molecule has 32 heavy (non-hydrogen) atoms. The summed E-state index contributed by atoms with van der Waals surface area (Å²) < 4.78 is 5.95. The first kappa shape index (κ1) is 21.7. The van der Waals surface area contributed by atoms with Crippen molar-refractivity contribution in [3.63, 3.8) is 0 Å². The average Bonchev–Trinajstić information content (AvgIpc) is 2.80. The van der Waals surface area contributed by atoms with Crippen LogP contribution >= 0.6 is 0 Å². The summed E-state index contributed by atoms with van der Waals surface area (Å²) in [7, 11) is 0. The number of piperidine rings is 1. The molecule has 0 spiro atoms. The smallest absolute Gasteiger partial charge is 0.263 e. The molecule has 4 rings (SSSR count).